The van der Waals surface area contributed by atoms with Gasteiger partial charge in [-0.2, -0.15) is 0 Å². The molecule has 1 aliphatic rings. The van der Waals surface area contributed by atoms with E-state index in [1.165, 1.54) is 0 Å². The van der Waals surface area contributed by atoms with Crippen molar-refractivity contribution in [1.29, 1.82) is 0 Å². The maximum atomic E-state index is 11.8. The Morgan fingerprint density at radius 2 is 1.90 bits per heavy atom. The molecule has 1 amide bonds. The van der Waals surface area contributed by atoms with Crippen molar-refractivity contribution >= 4 is 44.7 Å². The molecule has 0 bridgehead atoms. The van der Waals surface area contributed by atoms with Gasteiger partial charge < -0.3 is 5.32 Å². The standard InChI is InChI=1S/C12H13ClN2O3S2/c13-9-6-20(17,18)7-10(9)14-12(19)15-11(16)8-4-2-1-3-5-8/h1-5,9-10H,6-7H2,(H2,14,15,16,19). The van der Waals surface area contributed by atoms with E-state index in [-0.39, 0.29) is 22.5 Å². The first-order valence-corrected chi connectivity index (χ1v) is 8.55. The van der Waals surface area contributed by atoms with E-state index in [0.29, 0.717) is 5.56 Å². The van der Waals surface area contributed by atoms with Crippen molar-refractivity contribution in [1.82, 2.24) is 10.6 Å². The Labute approximate surface area is 127 Å². The molecule has 1 aliphatic heterocycles. The second kappa shape index (κ2) is 6.07. The van der Waals surface area contributed by atoms with Gasteiger partial charge in [0.15, 0.2) is 14.9 Å². The van der Waals surface area contributed by atoms with Crippen molar-refractivity contribution < 1.29 is 13.2 Å². The summed E-state index contributed by atoms with van der Waals surface area (Å²) >= 11 is 10.9. The number of halogens is 1. The number of carbonyl (C=O) groups excluding carboxylic acids is 1. The minimum absolute atomic E-state index is 0.0756. The van der Waals surface area contributed by atoms with Crippen molar-refractivity contribution in [3.63, 3.8) is 0 Å². The topological polar surface area (TPSA) is 75.3 Å². The number of thiocarbonyl (C=S) groups is 1. The molecular weight excluding hydrogens is 320 g/mol. The smallest absolute Gasteiger partial charge is 0.257 e. The lowest BCUT2D eigenvalue weighted by Crippen LogP contribution is -2.47. The van der Waals surface area contributed by atoms with Gasteiger partial charge in [0.2, 0.25) is 0 Å². The van der Waals surface area contributed by atoms with Crippen LogP contribution in [-0.4, -0.2) is 42.4 Å². The first-order chi connectivity index (χ1) is 9.37. The van der Waals surface area contributed by atoms with Crippen LogP contribution in [0.5, 0.6) is 0 Å². The zero-order valence-electron chi connectivity index (χ0n) is 10.4. The Bertz CT molecular complexity index is 619. The van der Waals surface area contributed by atoms with Gasteiger partial charge in [-0.1, -0.05) is 18.2 Å². The van der Waals surface area contributed by atoms with Crippen molar-refractivity contribution in [2.24, 2.45) is 0 Å². The van der Waals surface area contributed by atoms with Crippen LogP contribution in [0.15, 0.2) is 30.3 Å². The summed E-state index contributed by atoms with van der Waals surface area (Å²) in [7, 11) is -3.14. The van der Waals surface area contributed by atoms with Crippen LogP contribution < -0.4 is 10.6 Å². The third kappa shape index (κ3) is 3.91. The zero-order chi connectivity index (χ0) is 14.8. The minimum Gasteiger partial charge on any atom is -0.357 e. The molecule has 2 atom stereocenters. The third-order valence-corrected chi connectivity index (χ3v) is 5.46. The molecule has 2 unspecified atom stereocenters. The summed E-state index contributed by atoms with van der Waals surface area (Å²) in [5, 5.41) is 4.80. The summed E-state index contributed by atoms with van der Waals surface area (Å²) in [4.78, 5) is 11.8. The number of benzene rings is 1. The molecule has 2 N–H and O–H groups in total. The van der Waals surface area contributed by atoms with E-state index in [2.05, 4.69) is 10.6 Å². The highest BCUT2D eigenvalue weighted by Crippen LogP contribution is 2.17. The van der Waals surface area contributed by atoms with Gasteiger partial charge in [0.05, 0.1) is 22.9 Å². The predicted molar refractivity (Wildman–Crippen MR) is 81.7 cm³/mol. The Hall–Kier alpha value is -1.18. The fourth-order valence-corrected chi connectivity index (χ4v) is 4.70. The van der Waals surface area contributed by atoms with Gasteiger partial charge in [-0.15, -0.1) is 11.6 Å². The van der Waals surface area contributed by atoms with Gasteiger partial charge in [0, 0.05) is 5.56 Å². The highest BCUT2D eigenvalue weighted by molar-refractivity contribution is 7.91. The summed E-state index contributed by atoms with van der Waals surface area (Å²) in [6, 6.07) is 8.11. The Balaban J connectivity index is 1.92. The molecule has 1 aromatic rings. The molecule has 1 heterocycles. The number of hydrogen-bond acceptors (Lipinski definition) is 4. The molecule has 1 aromatic carbocycles. The van der Waals surface area contributed by atoms with E-state index >= 15 is 0 Å². The van der Waals surface area contributed by atoms with Gasteiger partial charge in [0.1, 0.15) is 0 Å². The summed E-state index contributed by atoms with van der Waals surface area (Å²) in [5.74, 6) is -0.514. The van der Waals surface area contributed by atoms with Crippen LogP contribution in [0, 0.1) is 0 Å². The molecular formula is C12H13ClN2O3S2. The van der Waals surface area contributed by atoms with Gasteiger partial charge in [-0.25, -0.2) is 8.42 Å². The molecule has 2 rings (SSSR count). The number of sulfone groups is 1. The first-order valence-electron chi connectivity index (χ1n) is 5.89. The SMILES string of the molecule is O=C(NC(=S)NC1CS(=O)(=O)CC1Cl)c1ccccc1. The van der Waals surface area contributed by atoms with Crippen LogP contribution in [0.25, 0.3) is 0 Å². The second-order valence-corrected chi connectivity index (χ2v) is 7.62. The molecule has 20 heavy (non-hydrogen) atoms. The van der Waals surface area contributed by atoms with Crippen LogP contribution in [0.1, 0.15) is 10.4 Å². The molecule has 8 heteroatoms. The van der Waals surface area contributed by atoms with Crippen LogP contribution in [-0.2, 0) is 9.84 Å². The number of amides is 1. The Morgan fingerprint density at radius 1 is 1.25 bits per heavy atom. The average Bonchev–Trinajstić information content (AvgIpc) is 2.63. The number of hydrogen-bond donors (Lipinski definition) is 2. The fraction of sp³-hybridized carbons (Fsp3) is 0.333. The highest BCUT2D eigenvalue weighted by Gasteiger charge is 2.36. The van der Waals surface area contributed by atoms with Crippen molar-refractivity contribution in [3.8, 4) is 0 Å². The maximum Gasteiger partial charge on any atom is 0.257 e. The van der Waals surface area contributed by atoms with Crippen LogP contribution in [0.4, 0.5) is 0 Å². The van der Waals surface area contributed by atoms with Gasteiger partial charge in [-0.3, -0.25) is 10.1 Å². The van der Waals surface area contributed by atoms with Crippen molar-refractivity contribution in [3.05, 3.63) is 35.9 Å². The summed E-state index contributed by atoms with van der Waals surface area (Å²) in [6.45, 7) is 0. The Morgan fingerprint density at radius 3 is 2.45 bits per heavy atom. The van der Waals surface area contributed by atoms with Gasteiger partial charge >= 0.3 is 0 Å². The molecule has 0 aromatic heterocycles. The Kier molecular flexibility index (Phi) is 4.62. The number of rotatable bonds is 2. The van der Waals surface area contributed by atoms with Crippen molar-refractivity contribution in [2.45, 2.75) is 11.4 Å². The number of nitrogens with one attached hydrogen (secondary N) is 2. The van der Waals surface area contributed by atoms with E-state index in [1.807, 2.05) is 0 Å². The third-order valence-electron chi connectivity index (χ3n) is 2.86. The molecule has 0 radical (unpaired) electrons. The molecule has 5 nitrogen and oxygen atoms in total. The summed E-state index contributed by atoms with van der Waals surface area (Å²) in [5.41, 5.74) is 0.470. The summed E-state index contributed by atoms with van der Waals surface area (Å²) in [6.07, 6.45) is 0. The van der Waals surface area contributed by atoms with Gasteiger partial charge in [0.25, 0.3) is 5.91 Å². The van der Waals surface area contributed by atoms with E-state index in [9.17, 15) is 13.2 Å². The quantitative estimate of drug-likeness (QED) is 0.616. The molecule has 0 spiro atoms. The molecule has 0 saturated carbocycles. The van der Waals surface area contributed by atoms with E-state index in [4.69, 9.17) is 23.8 Å². The van der Waals surface area contributed by atoms with Gasteiger partial charge in [-0.05, 0) is 24.4 Å². The molecule has 108 valence electrons. The lowest BCUT2D eigenvalue weighted by molar-refractivity contribution is 0.0976. The minimum atomic E-state index is -3.14. The lowest BCUT2D eigenvalue weighted by atomic mass is 10.2. The molecule has 1 fully saturated rings. The van der Waals surface area contributed by atoms with Crippen LogP contribution in [0.2, 0.25) is 0 Å². The maximum absolute atomic E-state index is 11.8. The zero-order valence-corrected chi connectivity index (χ0v) is 12.8. The predicted octanol–water partition coefficient (Wildman–Crippen LogP) is 0.695. The number of alkyl halides is 1. The largest absolute Gasteiger partial charge is 0.357 e. The average molecular weight is 333 g/mol. The monoisotopic (exact) mass is 332 g/mol. The lowest BCUT2D eigenvalue weighted by Gasteiger charge is -2.16. The fourth-order valence-electron chi connectivity index (χ4n) is 1.91. The highest BCUT2D eigenvalue weighted by atomic mass is 35.5. The van der Waals surface area contributed by atoms with Crippen LogP contribution in [0.3, 0.4) is 0 Å². The van der Waals surface area contributed by atoms with Crippen LogP contribution >= 0.6 is 23.8 Å². The summed E-state index contributed by atoms with van der Waals surface area (Å²) < 4.78 is 22.8. The molecule has 0 aliphatic carbocycles. The van der Waals surface area contributed by atoms with E-state index < -0.39 is 21.3 Å². The molecule has 1 saturated heterocycles. The van der Waals surface area contributed by atoms with Crippen molar-refractivity contribution in [2.75, 3.05) is 11.5 Å². The van der Waals surface area contributed by atoms with E-state index in [1.54, 1.807) is 30.3 Å². The second-order valence-electron chi connectivity index (χ2n) is 4.49. The normalized spacial score (nSPS) is 24.1. The van der Waals surface area contributed by atoms with E-state index in [0.717, 1.165) is 0 Å². The first kappa shape index (κ1) is 15.2. The number of carbonyl (C=O) groups is 1.